The summed E-state index contributed by atoms with van der Waals surface area (Å²) in [5.74, 6) is 0. The molecule has 0 atom stereocenters. The fourth-order valence-electron chi connectivity index (χ4n) is 2.20. The first-order valence-corrected chi connectivity index (χ1v) is 7.77. The third-order valence-electron chi connectivity index (χ3n) is 3.27. The van der Waals surface area contributed by atoms with E-state index in [1.807, 2.05) is 24.3 Å². The smallest absolute Gasteiger partial charge is 0.242 e. The molecule has 0 saturated carbocycles. The van der Waals surface area contributed by atoms with E-state index in [2.05, 4.69) is 9.82 Å². The van der Waals surface area contributed by atoms with Crippen LogP contribution < -0.4 is 10.5 Å². The van der Waals surface area contributed by atoms with Crippen molar-refractivity contribution >= 4 is 26.6 Å². The number of para-hydroxylation sites is 1. The van der Waals surface area contributed by atoms with Crippen molar-refractivity contribution in [3.05, 3.63) is 48.7 Å². The van der Waals surface area contributed by atoms with Gasteiger partial charge in [0.05, 0.1) is 23.1 Å². The van der Waals surface area contributed by atoms with Crippen LogP contribution in [0, 0.1) is 0 Å². The zero-order valence-corrected chi connectivity index (χ0v) is 12.1. The standard InChI is InChI=1S/C14H14N4O2S/c1-16-21(19,20)14-7-6-11(8-12(14)15)18-13-5-3-2-4-10(13)9-17-18/h2-9,16H,15H2,1H3. The van der Waals surface area contributed by atoms with Gasteiger partial charge in [-0.15, -0.1) is 0 Å². The van der Waals surface area contributed by atoms with Gasteiger partial charge in [0.2, 0.25) is 10.0 Å². The maximum Gasteiger partial charge on any atom is 0.242 e. The highest BCUT2D eigenvalue weighted by atomic mass is 32.2. The highest BCUT2D eigenvalue weighted by molar-refractivity contribution is 7.89. The van der Waals surface area contributed by atoms with Crippen molar-refractivity contribution in [1.82, 2.24) is 14.5 Å². The lowest BCUT2D eigenvalue weighted by Crippen LogP contribution is -2.20. The summed E-state index contributed by atoms with van der Waals surface area (Å²) in [5, 5.41) is 5.32. The molecule has 21 heavy (non-hydrogen) atoms. The van der Waals surface area contributed by atoms with Crippen LogP contribution in [0.2, 0.25) is 0 Å². The number of hydrogen-bond donors (Lipinski definition) is 2. The van der Waals surface area contributed by atoms with Gasteiger partial charge in [-0.25, -0.2) is 17.8 Å². The largest absolute Gasteiger partial charge is 0.398 e. The van der Waals surface area contributed by atoms with Crippen LogP contribution in [-0.2, 0) is 10.0 Å². The molecule has 0 radical (unpaired) electrons. The predicted molar refractivity (Wildman–Crippen MR) is 81.7 cm³/mol. The van der Waals surface area contributed by atoms with Gasteiger partial charge in [-0.3, -0.25) is 0 Å². The van der Waals surface area contributed by atoms with E-state index in [0.717, 1.165) is 10.9 Å². The van der Waals surface area contributed by atoms with Crippen LogP contribution in [0.3, 0.4) is 0 Å². The zero-order chi connectivity index (χ0) is 15.0. The highest BCUT2D eigenvalue weighted by Crippen LogP contribution is 2.24. The van der Waals surface area contributed by atoms with Gasteiger partial charge in [0.1, 0.15) is 4.90 Å². The van der Waals surface area contributed by atoms with Gasteiger partial charge in [-0.2, -0.15) is 5.10 Å². The van der Waals surface area contributed by atoms with E-state index in [1.165, 1.54) is 13.1 Å². The van der Waals surface area contributed by atoms with Gasteiger partial charge in [0.25, 0.3) is 0 Å². The Bertz CT molecular complexity index is 916. The Balaban J connectivity index is 2.15. The van der Waals surface area contributed by atoms with Crippen LogP contribution in [0.25, 0.3) is 16.6 Å². The van der Waals surface area contributed by atoms with E-state index in [4.69, 9.17) is 5.73 Å². The Morgan fingerprint density at radius 2 is 1.95 bits per heavy atom. The van der Waals surface area contributed by atoms with Crippen molar-refractivity contribution < 1.29 is 8.42 Å². The van der Waals surface area contributed by atoms with E-state index < -0.39 is 10.0 Å². The summed E-state index contributed by atoms with van der Waals surface area (Å²) in [6, 6.07) is 12.5. The second kappa shape index (κ2) is 4.87. The minimum atomic E-state index is -3.56. The molecule has 0 aliphatic rings. The number of hydrogen-bond acceptors (Lipinski definition) is 4. The van der Waals surface area contributed by atoms with Gasteiger partial charge >= 0.3 is 0 Å². The summed E-state index contributed by atoms with van der Waals surface area (Å²) < 4.78 is 27.6. The lowest BCUT2D eigenvalue weighted by atomic mass is 10.2. The molecule has 0 fully saturated rings. The monoisotopic (exact) mass is 302 g/mol. The van der Waals surface area contributed by atoms with E-state index >= 15 is 0 Å². The minimum absolute atomic E-state index is 0.0604. The lowest BCUT2D eigenvalue weighted by molar-refractivity contribution is 0.588. The fraction of sp³-hybridized carbons (Fsp3) is 0.0714. The van der Waals surface area contributed by atoms with Crippen molar-refractivity contribution in [3.63, 3.8) is 0 Å². The third-order valence-corrected chi connectivity index (χ3v) is 4.76. The Morgan fingerprint density at radius 1 is 1.19 bits per heavy atom. The van der Waals surface area contributed by atoms with Crippen LogP contribution in [0.4, 0.5) is 5.69 Å². The number of aromatic nitrogens is 2. The van der Waals surface area contributed by atoms with E-state index in [9.17, 15) is 8.42 Å². The van der Waals surface area contributed by atoms with Gasteiger partial charge in [-0.05, 0) is 31.3 Å². The predicted octanol–water partition coefficient (Wildman–Crippen LogP) is 1.52. The molecule has 1 heterocycles. The number of nitrogens with two attached hydrogens (primary N) is 1. The number of nitrogens with one attached hydrogen (secondary N) is 1. The molecule has 3 N–H and O–H groups in total. The third kappa shape index (κ3) is 2.26. The lowest BCUT2D eigenvalue weighted by Gasteiger charge is -2.09. The average Bonchev–Trinajstić information content (AvgIpc) is 2.90. The van der Waals surface area contributed by atoms with E-state index in [1.54, 1.807) is 23.0 Å². The highest BCUT2D eigenvalue weighted by Gasteiger charge is 2.16. The SMILES string of the molecule is CNS(=O)(=O)c1ccc(-n2ncc3ccccc32)cc1N. The molecule has 0 unspecified atom stereocenters. The Kier molecular flexibility index (Phi) is 3.15. The van der Waals surface area contributed by atoms with Gasteiger partial charge in [-0.1, -0.05) is 18.2 Å². The van der Waals surface area contributed by atoms with E-state index in [0.29, 0.717) is 5.69 Å². The topological polar surface area (TPSA) is 90.0 Å². The van der Waals surface area contributed by atoms with Crippen LogP contribution in [0.15, 0.2) is 53.6 Å². The summed E-state index contributed by atoms with van der Waals surface area (Å²) in [7, 11) is -2.21. The molecule has 0 bridgehead atoms. The van der Waals surface area contributed by atoms with Crippen LogP contribution in [0.1, 0.15) is 0 Å². The molecule has 6 nitrogen and oxygen atoms in total. The van der Waals surface area contributed by atoms with Crippen molar-refractivity contribution in [2.24, 2.45) is 0 Å². The van der Waals surface area contributed by atoms with Crippen molar-refractivity contribution in [2.45, 2.75) is 4.90 Å². The normalized spacial score (nSPS) is 11.9. The molecule has 3 aromatic rings. The number of nitrogens with zero attached hydrogens (tertiary/aromatic N) is 2. The Hall–Kier alpha value is -2.38. The second-order valence-electron chi connectivity index (χ2n) is 4.54. The maximum atomic E-state index is 11.8. The average molecular weight is 302 g/mol. The molecular weight excluding hydrogens is 288 g/mol. The van der Waals surface area contributed by atoms with Crippen LogP contribution in [-0.4, -0.2) is 25.2 Å². The summed E-state index contributed by atoms with van der Waals surface area (Å²) in [5.41, 5.74) is 7.70. The van der Waals surface area contributed by atoms with Crippen molar-refractivity contribution in [3.8, 4) is 5.69 Å². The fourth-order valence-corrected chi connectivity index (χ4v) is 3.04. The molecule has 0 aliphatic carbocycles. The number of benzene rings is 2. The summed E-state index contributed by atoms with van der Waals surface area (Å²) >= 11 is 0. The first kappa shape index (κ1) is 13.6. The van der Waals surface area contributed by atoms with Gasteiger partial charge in [0.15, 0.2) is 0 Å². The number of anilines is 1. The number of sulfonamides is 1. The second-order valence-corrected chi connectivity index (χ2v) is 6.40. The quantitative estimate of drug-likeness (QED) is 0.718. The Labute approximate surface area is 122 Å². The summed E-state index contributed by atoms with van der Waals surface area (Å²) in [4.78, 5) is 0.0604. The van der Waals surface area contributed by atoms with Crippen molar-refractivity contribution in [1.29, 1.82) is 0 Å². The molecule has 108 valence electrons. The first-order valence-electron chi connectivity index (χ1n) is 6.29. The molecule has 0 spiro atoms. The maximum absolute atomic E-state index is 11.8. The molecule has 0 aliphatic heterocycles. The number of rotatable bonds is 3. The number of fused-ring (bicyclic) bond motifs is 1. The van der Waals surface area contributed by atoms with E-state index in [-0.39, 0.29) is 10.6 Å². The molecule has 2 aromatic carbocycles. The Morgan fingerprint density at radius 3 is 2.67 bits per heavy atom. The molecule has 3 rings (SSSR count). The molecule has 0 amide bonds. The van der Waals surface area contributed by atoms with Gasteiger partial charge in [0, 0.05) is 5.39 Å². The molecule has 1 aromatic heterocycles. The zero-order valence-electron chi connectivity index (χ0n) is 11.3. The molecule has 7 heteroatoms. The number of nitrogen functional groups attached to an aromatic ring is 1. The summed E-state index contributed by atoms with van der Waals surface area (Å²) in [6.07, 6.45) is 1.75. The van der Waals surface area contributed by atoms with Crippen molar-refractivity contribution in [2.75, 3.05) is 12.8 Å². The van der Waals surface area contributed by atoms with Gasteiger partial charge < -0.3 is 5.73 Å². The van der Waals surface area contributed by atoms with Crippen LogP contribution >= 0.6 is 0 Å². The van der Waals surface area contributed by atoms with Crippen LogP contribution in [0.5, 0.6) is 0 Å². The molecular formula is C14H14N4O2S. The summed E-state index contributed by atoms with van der Waals surface area (Å²) in [6.45, 7) is 0. The minimum Gasteiger partial charge on any atom is -0.398 e. The molecule has 0 saturated heterocycles. The first-order chi connectivity index (χ1) is 10.0.